The van der Waals surface area contributed by atoms with Crippen molar-refractivity contribution in [2.75, 3.05) is 23.8 Å². The molecule has 0 fully saturated rings. The Labute approximate surface area is 121 Å². The Morgan fingerprint density at radius 1 is 1.05 bits per heavy atom. The summed E-state index contributed by atoms with van der Waals surface area (Å²) in [4.78, 5) is 12.9. The molecular formula is C14H27N5O. The first-order valence-electron chi connectivity index (χ1n) is 7.49. The lowest BCUT2D eigenvalue weighted by molar-refractivity contribution is 0.292. The van der Waals surface area contributed by atoms with Gasteiger partial charge in [-0.15, -0.1) is 0 Å². The van der Waals surface area contributed by atoms with Crippen molar-refractivity contribution in [3.63, 3.8) is 0 Å². The molecule has 1 atom stereocenters. The zero-order valence-electron chi connectivity index (χ0n) is 13.2. The highest BCUT2D eigenvalue weighted by Crippen LogP contribution is 2.16. The van der Waals surface area contributed by atoms with Crippen molar-refractivity contribution in [2.24, 2.45) is 5.92 Å². The Balaban J connectivity index is 2.89. The molecule has 0 aromatic carbocycles. The first-order valence-corrected chi connectivity index (χ1v) is 7.49. The SMILES string of the molecule is CCCOc1nc(NCC)nc(NC(CC)C(C)C)n1. The maximum absolute atomic E-state index is 5.52. The molecule has 0 amide bonds. The summed E-state index contributed by atoms with van der Waals surface area (Å²) in [5, 5.41) is 6.46. The molecule has 1 heterocycles. The second kappa shape index (κ2) is 8.55. The maximum atomic E-state index is 5.52. The van der Waals surface area contributed by atoms with Gasteiger partial charge in [-0.25, -0.2) is 0 Å². The van der Waals surface area contributed by atoms with Crippen LogP contribution in [0.1, 0.15) is 47.5 Å². The van der Waals surface area contributed by atoms with E-state index in [1.165, 1.54) is 0 Å². The molecular weight excluding hydrogens is 254 g/mol. The van der Waals surface area contributed by atoms with Crippen LogP contribution in [-0.2, 0) is 0 Å². The van der Waals surface area contributed by atoms with Gasteiger partial charge in [-0.2, -0.15) is 15.0 Å². The Kier molecular flexibility index (Phi) is 7.04. The zero-order valence-corrected chi connectivity index (χ0v) is 13.2. The predicted molar refractivity (Wildman–Crippen MR) is 82.3 cm³/mol. The molecule has 1 rings (SSSR count). The Morgan fingerprint density at radius 2 is 1.75 bits per heavy atom. The predicted octanol–water partition coefficient (Wildman–Crippen LogP) is 2.94. The summed E-state index contributed by atoms with van der Waals surface area (Å²) in [7, 11) is 0. The highest BCUT2D eigenvalue weighted by molar-refractivity contribution is 5.36. The molecule has 0 aliphatic carbocycles. The number of ether oxygens (including phenoxy) is 1. The first-order chi connectivity index (χ1) is 9.60. The number of nitrogens with zero attached hydrogens (tertiary/aromatic N) is 3. The summed E-state index contributed by atoms with van der Waals surface area (Å²) in [5.41, 5.74) is 0. The molecule has 20 heavy (non-hydrogen) atoms. The van der Waals surface area contributed by atoms with Gasteiger partial charge < -0.3 is 15.4 Å². The first kappa shape index (κ1) is 16.5. The van der Waals surface area contributed by atoms with Crippen LogP contribution < -0.4 is 15.4 Å². The van der Waals surface area contributed by atoms with Gasteiger partial charge >= 0.3 is 6.01 Å². The fourth-order valence-corrected chi connectivity index (χ4v) is 1.82. The molecule has 1 unspecified atom stereocenters. The van der Waals surface area contributed by atoms with E-state index in [-0.39, 0.29) is 0 Å². The van der Waals surface area contributed by atoms with E-state index in [9.17, 15) is 0 Å². The van der Waals surface area contributed by atoms with E-state index >= 15 is 0 Å². The largest absolute Gasteiger partial charge is 0.463 e. The smallest absolute Gasteiger partial charge is 0.323 e. The van der Waals surface area contributed by atoms with Crippen molar-refractivity contribution in [3.05, 3.63) is 0 Å². The minimum Gasteiger partial charge on any atom is -0.463 e. The van der Waals surface area contributed by atoms with Crippen LogP contribution in [0.15, 0.2) is 0 Å². The van der Waals surface area contributed by atoms with E-state index in [4.69, 9.17) is 4.74 Å². The van der Waals surface area contributed by atoms with E-state index in [2.05, 4.69) is 53.3 Å². The van der Waals surface area contributed by atoms with E-state index in [1.54, 1.807) is 0 Å². The van der Waals surface area contributed by atoms with Crippen LogP contribution in [0.25, 0.3) is 0 Å². The van der Waals surface area contributed by atoms with Gasteiger partial charge in [-0.3, -0.25) is 0 Å². The average Bonchev–Trinajstić information content (AvgIpc) is 2.42. The van der Waals surface area contributed by atoms with Gasteiger partial charge in [0, 0.05) is 12.6 Å². The van der Waals surface area contributed by atoms with Gasteiger partial charge in [-0.1, -0.05) is 27.7 Å². The molecule has 0 saturated carbocycles. The number of aromatic nitrogens is 3. The third-order valence-electron chi connectivity index (χ3n) is 2.94. The van der Waals surface area contributed by atoms with Crippen LogP contribution in [0.2, 0.25) is 0 Å². The van der Waals surface area contributed by atoms with Crippen LogP contribution in [0.4, 0.5) is 11.9 Å². The molecule has 0 aliphatic rings. The number of rotatable bonds is 9. The molecule has 0 radical (unpaired) electrons. The van der Waals surface area contributed by atoms with Gasteiger partial charge in [0.25, 0.3) is 0 Å². The minimum atomic E-state index is 0.339. The van der Waals surface area contributed by atoms with E-state index in [0.717, 1.165) is 19.4 Å². The standard InChI is InChI=1S/C14H27N5O/c1-6-9-20-14-18-12(15-8-3)17-13(19-14)16-11(7-2)10(4)5/h10-11H,6-9H2,1-5H3,(H2,15,16,17,18,19). The van der Waals surface area contributed by atoms with Crippen molar-refractivity contribution < 1.29 is 4.74 Å². The molecule has 1 aromatic heterocycles. The van der Waals surface area contributed by atoms with Gasteiger partial charge in [0.15, 0.2) is 0 Å². The second-order valence-corrected chi connectivity index (χ2v) is 5.05. The van der Waals surface area contributed by atoms with Crippen LogP contribution in [0.5, 0.6) is 6.01 Å². The Bertz CT molecular complexity index is 397. The number of nitrogens with one attached hydrogen (secondary N) is 2. The van der Waals surface area contributed by atoms with Crippen LogP contribution in [-0.4, -0.2) is 34.1 Å². The normalized spacial score (nSPS) is 12.3. The van der Waals surface area contributed by atoms with Gasteiger partial charge in [0.05, 0.1) is 6.61 Å². The number of hydrogen-bond acceptors (Lipinski definition) is 6. The van der Waals surface area contributed by atoms with Crippen molar-refractivity contribution in [1.82, 2.24) is 15.0 Å². The Morgan fingerprint density at radius 3 is 2.30 bits per heavy atom. The van der Waals surface area contributed by atoms with Gasteiger partial charge in [0.2, 0.25) is 11.9 Å². The summed E-state index contributed by atoms with van der Waals surface area (Å²) in [5.74, 6) is 1.64. The number of hydrogen-bond donors (Lipinski definition) is 2. The lowest BCUT2D eigenvalue weighted by Crippen LogP contribution is -2.26. The van der Waals surface area contributed by atoms with Crippen LogP contribution >= 0.6 is 0 Å². The lowest BCUT2D eigenvalue weighted by Gasteiger charge is -2.21. The third kappa shape index (κ3) is 5.19. The average molecular weight is 281 g/mol. The quantitative estimate of drug-likeness (QED) is 0.725. The fourth-order valence-electron chi connectivity index (χ4n) is 1.82. The molecule has 6 heteroatoms. The molecule has 0 bridgehead atoms. The molecule has 114 valence electrons. The highest BCUT2D eigenvalue weighted by atomic mass is 16.5. The molecule has 1 aromatic rings. The fraction of sp³-hybridized carbons (Fsp3) is 0.786. The minimum absolute atomic E-state index is 0.339. The van der Waals surface area contributed by atoms with Gasteiger partial charge in [-0.05, 0) is 25.7 Å². The molecule has 6 nitrogen and oxygen atoms in total. The number of anilines is 2. The van der Waals surface area contributed by atoms with Crippen molar-refractivity contribution in [3.8, 4) is 6.01 Å². The van der Waals surface area contributed by atoms with Crippen molar-refractivity contribution >= 4 is 11.9 Å². The lowest BCUT2D eigenvalue weighted by atomic mass is 10.0. The maximum Gasteiger partial charge on any atom is 0.323 e. The van der Waals surface area contributed by atoms with Crippen molar-refractivity contribution in [1.29, 1.82) is 0 Å². The molecule has 2 N–H and O–H groups in total. The topological polar surface area (TPSA) is 72.0 Å². The van der Waals surface area contributed by atoms with E-state index in [1.807, 2.05) is 6.92 Å². The van der Waals surface area contributed by atoms with Crippen molar-refractivity contribution in [2.45, 2.75) is 53.5 Å². The van der Waals surface area contributed by atoms with E-state index < -0.39 is 0 Å². The summed E-state index contributed by atoms with van der Waals surface area (Å²) >= 11 is 0. The summed E-state index contributed by atoms with van der Waals surface area (Å²) in [6.07, 6.45) is 1.94. The third-order valence-corrected chi connectivity index (χ3v) is 2.94. The van der Waals surface area contributed by atoms with Crippen LogP contribution in [0, 0.1) is 5.92 Å². The summed E-state index contributed by atoms with van der Waals surface area (Å²) in [6, 6.07) is 0.713. The van der Waals surface area contributed by atoms with Gasteiger partial charge in [0.1, 0.15) is 0 Å². The highest BCUT2D eigenvalue weighted by Gasteiger charge is 2.14. The summed E-state index contributed by atoms with van der Waals surface area (Å²) < 4.78 is 5.52. The zero-order chi connectivity index (χ0) is 15.0. The Hall–Kier alpha value is -1.59. The van der Waals surface area contributed by atoms with Crippen LogP contribution in [0.3, 0.4) is 0 Å². The monoisotopic (exact) mass is 281 g/mol. The molecule has 0 spiro atoms. The van der Waals surface area contributed by atoms with E-state index in [0.29, 0.717) is 36.5 Å². The second-order valence-electron chi connectivity index (χ2n) is 5.05. The summed E-state index contributed by atoms with van der Waals surface area (Å²) in [6.45, 7) is 11.9. The molecule has 0 saturated heterocycles. The molecule has 0 aliphatic heterocycles.